The van der Waals surface area contributed by atoms with E-state index >= 15 is 0 Å². The van der Waals surface area contributed by atoms with E-state index in [4.69, 9.17) is 0 Å². The molecule has 1 atom stereocenters. The lowest BCUT2D eigenvalue weighted by Gasteiger charge is -2.18. The molecule has 0 aliphatic heterocycles. The zero-order chi connectivity index (χ0) is 24.5. The van der Waals surface area contributed by atoms with Crippen molar-refractivity contribution in [1.29, 1.82) is 0 Å². The van der Waals surface area contributed by atoms with Crippen molar-refractivity contribution in [3.63, 3.8) is 0 Å². The van der Waals surface area contributed by atoms with Crippen molar-refractivity contribution >= 4 is 28.4 Å². The van der Waals surface area contributed by atoms with Gasteiger partial charge in [-0.15, -0.1) is 0 Å². The van der Waals surface area contributed by atoms with Gasteiger partial charge in [0.25, 0.3) is 5.91 Å². The van der Waals surface area contributed by atoms with Gasteiger partial charge < -0.3 is 10.6 Å². The smallest absolute Gasteiger partial charge is 0.270 e. The molecular formula is C25H23FN8O. The van der Waals surface area contributed by atoms with Crippen LogP contribution in [0, 0.1) is 12.7 Å². The summed E-state index contributed by atoms with van der Waals surface area (Å²) in [6, 6.07) is 11.4. The number of pyridine rings is 2. The van der Waals surface area contributed by atoms with Gasteiger partial charge in [0.05, 0.1) is 24.0 Å². The Morgan fingerprint density at radius 1 is 1.03 bits per heavy atom. The standard InChI is InChI=1S/C25H23FN8O/c1-15-4-5-16(10-19(15)26)24(18-13-29-33(2)14-18)32-25(35)20-7-6-17-12-27-22(11-21(17)30-20)31-23-8-9-28-34(23)3/h4-14,24H,1-3H3,(H,27,31)(H,32,35)/t24-/m0/s1. The molecule has 2 N–H and O–H groups in total. The molecule has 0 aliphatic rings. The highest BCUT2D eigenvalue weighted by molar-refractivity contribution is 5.95. The topological polar surface area (TPSA) is 103 Å². The molecule has 0 radical (unpaired) electrons. The molecule has 5 rings (SSSR count). The molecular weight excluding hydrogens is 447 g/mol. The molecule has 1 aromatic carbocycles. The highest BCUT2D eigenvalue weighted by Gasteiger charge is 2.21. The largest absolute Gasteiger partial charge is 0.340 e. The molecule has 4 aromatic heterocycles. The Bertz CT molecular complexity index is 1540. The molecule has 9 nitrogen and oxygen atoms in total. The number of hydrogen-bond acceptors (Lipinski definition) is 6. The summed E-state index contributed by atoms with van der Waals surface area (Å²) in [5.41, 5.74) is 2.72. The lowest BCUT2D eigenvalue weighted by atomic mass is 9.99. The molecule has 0 fully saturated rings. The molecule has 5 aromatic rings. The Balaban J connectivity index is 1.45. The molecule has 0 unspecified atom stereocenters. The van der Waals surface area contributed by atoms with Crippen LogP contribution in [0.1, 0.15) is 33.2 Å². The van der Waals surface area contributed by atoms with Crippen molar-refractivity contribution < 1.29 is 9.18 Å². The molecule has 0 spiro atoms. The number of anilines is 2. The van der Waals surface area contributed by atoms with Crippen molar-refractivity contribution in [3.05, 3.63) is 95.5 Å². The highest BCUT2D eigenvalue weighted by Crippen LogP contribution is 2.25. The minimum absolute atomic E-state index is 0.233. The monoisotopic (exact) mass is 470 g/mol. The van der Waals surface area contributed by atoms with Gasteiger partial charge in [-0.3, -0.25) is 14.2 Å². The van der Waals surface area contributed by atoms with E-state index in [1.54, 1.807) is 78.5 Å². The maximum absolute atomic E-state index is 14.3. The van der Waals surface area contributed by atoms with Crippen LogP contribution in [0.3, 0.4) is 0 Å². The third-order valence-electron chi connectivity index (χ3n) is 5.75. The number of hydrogen-bond donors (Lipinski definition) is 2. The van der Waals surface area contributed by atoms with E-state index in [0.29, 0.717) is 22.5 Å². The predicted octanol–water partition coefficient (Wildman–Crippen LogP) is 3.81. The summed E-state index contributed by atoms with van der Waals surface area (Å²) >= 11 is 0. The number of aromatic nitrogens is 6. The van der Waals surface area contributed by atoms with E-state index < -0.39 is 6.04 Å². The Labute approximate surface area is 200 Å². The first-order valence-electron chi connectivity index (χ1n) is 10.9. The summed E-state index contributed by atoms with van der Waals surface area (Å²) in [5, 5.41) is 15.3. The van der Waals surface area contributed by atoms with Crippen molar-refractivity contribution in [3.8, 4) is 0 Å². The molecule has 176 valence electrons. The van der Waals surface area contributed by atoms with Crippen molar-refractivity contribution in [1.82, 2.24) is 34.8 Å². The molecule has 0 saturated carbocycles. The normalized spacial score (nSPS) is 12.0. The maximum atomic E-state index is 14.3. The Morgan fingerprint density at radius 3 is 2.60 bits per heavy atom. The van der Waals surface area contributed by atoms with E-state index in [1.165, 1.54) is 6.07 Å². The lowest BCUT2D eigenvalue weighted by molar-refractivity contribution is 0.0938. The summed E-state index contributed by atoms with van der Waals surface area (Å²) in [7, 11) is 3.61. The average Bonchev–Trinajstić information content (AvgIpc) is 3.46. The third-order valence-corrected chi connectivity index (χ3v) is 5.75. The number of halogens is 1. The summed E-state index contributed by atoms with van der Waals surface area (Å²) < 4.78 is 17.7. The van der Waals surface area contributed by atoms with E-state index in [2.05, 4.69) is 30.8 Å². The number of rotatable bonds is 6. The second-order valence-electron chi connectivity index (χ2n) is 8.29. The number of carbonyl (C=O) groups is 1. The van der Waals surface area contributed by atoms with E-state index in [0.717, 1.165) is 16.8 Å². The first kappa shape index (κ1) is 22.2. The second-order valence-corrected chi connectivity index (χ2v) is 8.29. The van der Waals surface area contributed by atoms with Crippen molar-refractivity contribution in [2.75, 3.05) is 5.32 Å². The van der Waals surface area contributed by atoms with Gasteiger partial charge in [-0.05, 0) is 36.2 Å². The molecule has 0 saturated heterocycles. The van der Waals surface area contributed by atoms with Gasteiger partial charge in [0.15, 0.2) is 0 Å². The van der Waals surface area contributed by atoms with Crippen molar-refractivity contribution in [2.45, 2.75) is 13.0 Å². The zero-order valence-electron chi connectivity index (χ0n) is 19.4. The van der Waals surface area contributed by atoms with Gasteiger partial charge in [-0.2, -0.15) is 10.2 Å². The van der Waals surface area contributed by atoms with Gasteiger partial charge >= 0.3 is 0 Å². The first-order valence-corrected chi connectivity index (χ1v) is 10.9. The van der Waals surface area contributed by atoms with Crippen LogP contribution in [0.15, 0.2) is 67.3 Å². The molecule has 1 amide bonds. The van der Waals surface area contributed by atoms with Crippen molar-refractivity contribution in [2.24, 2.45) is 14.1 Å². The summed E-state index contributed by atoms with van der Waals surface area (Å²) in [4.78, 5) is 22.2. The summed E-state index contributed by atoms with van der Waals surface area (Å²) in [6.07, 6.45) is 6.82. The van der Waals surface area contributed by atoms with Crippen LogP contribution >= 0.6 is 0 Å². The van der Waals surface area contributed by atoms with E-state index in [-0.39, 0.29) is 17.4 Å². The number of nitrogens with zero attached hydrogens (tertiary/aromatic N) is 6. The molecule has 35 heavy (non-hydrogen) atoms. The molecule has 0 aliphatic carbocycles. The summed E-state index contributed by atoms with van der Waals surface area (Å²) in [6.45, 7) is 1.70. The fourth-order valence-corrected chi connectivity index (χ4v) is 3.78. The van der Waals surface area contributed by atoms with Crippen LogP contribution in [-0.2, 0) is 14.1 Å². The van der Waals surface area contributed by atoms with Crippen LogP contribution in [0.2, 0.25) is 0 Å². The Hall–Kier alpha value is -4.60. The van der Waals surface area contributed by atoms with Crippen LogP contribution < -0.4 is 10.6 Å². The minimum atomic E-state index is -0.594. The number of aryl methyl sites for hydroxylation is 3. The fourth-order valence-electron chi connectivity index (χ4n) is 3.78. The maximum Gasteiger partial charge on any atom is 0.270 e. The lowest BCUT2D eigenvalue weighted by Crippen LogP contribution is -2.30. The Morgan fingerprint density at radius 2 is 1.89 bits per heavy atom. The number of nitrogens with one attached hydrogen (secondary N) is 2. The zero-order valence-corrected chi connectivity index (χ0v) is 19.4. The van der Waals surface area contributed by atoms with Gasteiger partial charge in [-0.1, -0.05) is 12.1 Å². The average molecular weight is 471 g/mol. The number of benzene rings is 1. The first-order chi connectivity index (χ1) is 16.9. The SMILES string of the molecule is Cc1ccc([C@H](NC(=O)c2ccc3cnc(Nc4ccnn4C)cc3n2)c2cnn(C)c2)cc1F. The number of carbonyl (C=O) groups excluding carboxylic acids is 1. The van der Waals surface area contributed by atoms with Gasteiger partial charge in [0.2, 0.25) is 0 Å². The van der Waals surface area contributed by atoms with Gasteiger partial charge in [-0.25, -0.2) is 14.4 Å². The van der Waals surface area contributed by atoms with Crippen LogP contribution in [0.5, 0.6) is 0 Å². The minimum Gasteiger partial charge on any atom is -0.340 e. The Kier molecular flexibility index (Phi) is 5.69. The number of amides is 1. The van der Waals surface area contributed by atoms with Crippen LogP contribution in [0.25, 0.3) is 10.9 Å². The fraction of sp³-hybridized carbons (Fsp3) is 0.160. The quantitative estimate of drug-likeness (QED) is 0.391. The molecule has 10 heteroatoms. The van der Waals surface area contributed by atoms with Crippen LogP contribution in [-0.4, -0.2) is 35.4 Å². The summed E-state index contributed by atoms with van der Waals surface area (Å²) in [5.74, 6) is 0.625. The van der Waals surface area contributed by atoms with Gasteiger partial charge in [0.1, 0.15) is 23.1 Å². The highest BCUT2D eigenvalue weighted by atomic mass is 19.1. The predicted molar refractivity (Wildman–Crippen MR) is 130 cm³/mol. The van der Waals surface area contributed by atoms with E-state index in [9.17, 15) is 9.18 Å². The number of fused-ring (bicyclic) bond motifs is 1. The second kappa shape index (κ2) is 8.98. The third kappa shape index (κ3) is 4.58. The van der Waals surface area contributed by atoms with Crippen LogP contribution in [0.4, 0.5) is 16.0 Å². The molecule has 0 bridgehead atoms. The van der Waals surface area contributed by atoms with Gasteiger partial charge in [0, 0.05) is 49.6 Å². The van der Waals surface area contributed by atoms with E-state index in [1.807, 2.05) is 13.1 Å². The molecule has 4 heterocycles.